The summed E-state index contributed by atoms with van der Waals surface area (Å²) in [6.07, 6.45) is 0. The number of benzene rings is 3. The van der Waals surface area contributed by atoms with Gasteiger partial charge in [0, 0.05) is 5.88 Å². The lowest BCUT2D eigenvalue weighted by Crippen LogP contribution is -1.82. The summed E-state index contributed by atoms with van der Waals surface area (Å²) in [5, 5.41) is 0. The summed E-state index contributed by atoms with van der Waals surface area (Å²) in [4.78, 5) is 0. The molecule has 1 heteroatoms. The zero-order valence-corrected chi connectivity index (χ0v) is 11.8. The van der Waals surface area contributed by atoms with E-state index in [1.165, 1.54) is 22.3 Å². The Bertz CT molecular complexity index is 667. The molecule has 0 amide bonds. The molecule has 20 heavy (non-hydrogen) atoms. The molecule has 0 atom stereocenters. The first-order valence-corrected chi connectivity index (χ1v) is 7.21. The molecule has 0 aliphatic carbocycles. The van der Waals surface area contributed by atoms with Crippen LogP contribution in [0.25, 0.3) is 22.3 Å². The van der Waals surface area contributed by atoms with Crippen LogP contribution in [0.1, 0.15) is 5.56 Å². The van der Waals surface area contributed by atoms with E-state index in [4.69, 9.17) is 11.6 Å². The summed E-state index contributed by atoms with van der Waals surface area (Å²) in [6.45, 7) is 0. The van der Waals surface area contributed by atoms with Gasteiger partial charge < -0.3 is 0 Å². The van der Waals surface area contributed by atoms with Crippen molar-refractivity contribution >= 4 is 11.6 Å². The molecule has 0 saturated heterocycles. The average Bonchev–Trinajstić information content (AvgIpc) is 2.56. The van der Waals surface area contributed by atoms with Crippen molar-refractivity contribution in [2.24, 2.45) is 0 Å². The van der Waals surface area contributed by atoms with Gasteiger partial charge in [-0.15, -0.1) is 11.6 Å². The summed E-state index contributed by atoms with van der Waals surface area (Å²) in [7, 11) is 0. The number of halogens is 1. The lowest BCUT2D eigenvalue weighted by Gasteiger charge is -2.05. The highest BCUT2D eigenvalue weighted by atomic mass is 35.5. The van der Waals surface area contributed by atoms with Crippen molar-refractivity contribution in [1.29, 1.82) is 0 Å². The van der Waals surface area contributed by atoms with Gasteiger partial charge >= 0.3 is 0 Å². The summed E-state index contributed by atoms with van der Waals surface area (Å²) < 4.78 is 0. The van der Waals surface area contributed by atoms with Gasteiger partial charge in [0.1, 0.15) is 0 Å². The van der Waals surface area contributed by atoms with Crippen molar-refractivity contribution in [2.45, 2.75) is 5.88 Å². The quantitative estimate of drug-likeness (QED) is 0.534. The number of hydrogen-bond donors (Lipinski definition) is 0. The average molecular weight is 279 g/mol. The predicted octanol–water partition coefficient (Wildman–Crippen LogP) is 5.76. The van der Waals surface area contributed by atoms with Crippen molar-refractivity contribution in [1.82, 2.24) is 0 Å². The monoisotopic (exact) mass is 278 g/mol. The molecule has 0 aliphatic heterocycles. The lowest BCUT2D eigenvalue weighted by atomic mass is 10.00. The second kappa shape index (κ2) is 5.94. The molecule has 0 aliphatic rings. The van der Waals surface area contributed by atoms with E-state index in [1.807, 2.05) is 6.07 Å². The molecule has 0 N–H and O–H groups in total. The van der Waals surface area contributed by atoms with Gasteiger partial charge in [-0.05, 0) is 27.8 Å². The lowest BCUT2D eigenvalue weighted by molar-refractivity contribution is 1.40. The maximum absolute atomic E-state index is 5.81. The molecule has 3 aromatic rings. The molecular formula is C19H15Cl. The molecule has 0 unspecified atom stereocenters. The largest absolute Gasteiger partial charge is 0.122 e. The van der Waals surface area contributed by atoms with Gasteiger partial charge in [0.2, 0.25) is 0 Å². The molecule has 0 aromatic heterocycles. The third-order valence-electron chi connectivity index (χ3n) is 3.43. The highest BCUT2D eigenvalue weighted by molar-refractivity contribution is 6.17. The van der Waals surface area contributed by atoms with Crippen molar-refractivity contribution in [3.05, 3.63) is 84.4 Å². The first kappa shape index (κ1) is 13.0. The van der Waals surface area contributed by atoms with Crippen LogP contribution in [-0.4, -0.2) is 0 Å². The highest BCUT2D eigenvalue weighted by Gasteiger charge is 2.00. The molecule has 0 fully saturated rings. The topological polar surface area (TPSA) is 0 Å². The molecule has 0 saturated carbocycles. The zero-order valence-electron chi connectivity index (χ0n) is 11.1. The number of alkyl halides is 1. The van der Waals surface area contributed by atoms with Crippen LogP contribution >= 0.6 is 11.6 Å². The second-order valence-corrected chi connectivity index (χ2v) is 5.04. The molecule has 0 bridgehead atoms. The van der Waals surface area contributed by atoms with Crippen LogP contribution in [0.3, 0.4) is 0 Å². The van der Waals surface area contributed by atoms with Gasteiger partial charge in [-0.25, -0.2) is 0 Å². The minimum atomic E-state index is 0.563. The molecule has 0 spiro atoms. The van der Waals surface area contributed by atoms with Crippen LogP contribution in [-0.2, 0) is 5.88 Å². The van der Waals surface area contributed by atoms with Crippen LogP contribution in [0, 0.1) is 0 Å². The SMILES string of the molecule is ClCc1ccc(-c2ccc(-c3ccccc3)cc2)cc1. The Labute approximate surface area is 124 Å². The Morgan fingerprint density at radius 2 is 0.900 bits per heavy atom. The predicted molar refractivity (Wildman–Crippen MR) is 86.9 cm³/mol. The molecule has 0 nitrogen and oxygen atoms in total. The molecule has 0 heterocycles. The van der Waals surface area contributed by atoms with Gasteiger partial charge in [0.15, 0.2) is 0 Å². The van der Waals surface area contributed by atoms with E-state index in [1.54, 1.807) is 0 Å². The molecule has 0 radical (unpaired) electrons. The first-order chi connectivity index (χ1) is 9.86. The fraction of sp³-hybridized carbons (Fsp3) is 0.0526. The van der Waals surface area contributed by atoms with E-state index < -0.39 is 0 Å². The second-order valence-electron chi connectivity index (χ2n) is 4.77. The van der Waals surface area contributed by atoms with Crippen molar-refractivity contribution in [2.75, 3.05) is 0 Å². The number of rotatable bonds is 3. The van der Waals surface area contributed by atoms with Gasteiger partial charge in [-0.2, -0.15) is 0 Å². The van der Waals surface area contributed by atoms with E-state index in [2.05, 4.69) is 72.8 Å². The smallest absolute Gasteiger partial charge is 0.0474 e. The Morgan fingerprint density at radius 3 is 1.35 bits per heavy atom. The summed E-state index contributed by atoms with van der Waals surface area (Å²) in [5.74, 6) is 0.563. The summed E-state index contributed by atoms with van der Waals surface area (Å²) in [6, 6.07) is 27.5. The third kappa shape index (κ3) is 2.76. The van der Waals surface area contributed by atoms with Gasteiger partial charge in [-0.1, -0.05) is 78.9 Å². The van der Waals surface area contributed by atoms with Crippen LogP contribution in [0.4, 0.5) is 0 Å². The molecule has 98 valence electrons. The minimum Gasteiger partial charge on any atom is -0.122 e. The maximum Gasteiger partial charge on any atom is 0.0474 e. The van der Waals surface area contributed by atoms with E-state index in [-0.39, 0.29) is 0 Å². The maximum atomic E-state index is 5.81. The van der Waals surface area contributed by atoms with Crippen molar-refractivity contribution in [3.8, 4) is 22.3 Å². The molecular weight excluding hydrogens is 264 g/mol. The van der Waals surface area contributed by atoms with Crippen LogP contribution in [0.5, 0.6) is 0 Å². The Morgan fingerprint density at radius 1 is 0.500 bits per heavy atom. The molecule has 3 aromatic carbocycles. The normalized spacial score (nSPS) is 10.4. The van der Waals surface area contributed by atoms with Gasteiger partial charge in [0.05, 0.1) is 0 Å². The standard InChI is InChI=1S/C19H15Cl/c20-14-15-6-8-17(9-7-15)19-12-10-18(11-13-19)16-4-2-1-3-5-16/h1-13H,14H2. The van der Waals surface area contributed by atoms with Gasteiger partial charge in [-0.3, -0.25) is 0 Å². The number of hydrogen-bond acceptors (Lipinski definition) is 0. The van der Waals surface area contributed by atoms with E-state index in [0.29, 0.717) is 5.88 Å². The van der Waals surface area contributed by atoms with Crippen LogP contribution in [0.2, 0.25) is 0 Å². The summed E-state index contributed by atoms with van der Waals surface area (Å²) in [5.41, 5.74) is 6.09. The van der Waals surface area contributed by atoms with Gasteiger partial charge in [0.25, 0.3) is 0 Å². The Balaban J connectivity index is 1.89. The third-order valence-corrected chi connectivity index (χ3v) is 3.74. The summed E-state index contributed by atoms with van der Waals surface area (Å²) >= 11 is 5.81. The van der Waals surface area contributed by atoms with Crippen molar-refractivity contribution in [3.63, 3.8) is 0 Å². The van der Waals surface area contributed by atoms with E-state index >= 15 is 0 Å². The minimum absolute atomic E-state index is 0.563. The van der Waals surface area contributed by atoms with Crippen LogP contribution in [0.15, 0.2) is 78.9 Å². The fourth-order valence-electron chi connectivity index (χ4n) is 2.27. The Hall–Kier alpha value is -2.05. The fourth-order valence-corrected chi connectivity index (χ4v) is 2.45. The van der Waals surface area contributed by atoms with Crippen LogP contribution < -0.4 is 0 Å². The Kier molecular flexibility index (Phi) is 3.85. The highest BCUT2D eigenvalue weighted by Crippen LogP contribution is 2.25. The zero-order chi connectivity index (χ0) is 13.8. The van der Waals surface area contributed by atoms with E-state index in [9.17, 15) is 0 Å². The van der Waals surface area contributed by atoms with E-state index in [0.717, 1.165) is 5.56 Å². The first-order valence-electron chi connectivity index (χ1n) is 6.67. The van der Waals surface area contributed by atoms with Crippen molar-refractivity contribution < 1.29 is 0 Å². The molecule has 3 rings (SSSR count).